The number of allylic oxidation sites excluding steroid dienone is 12. The zero-order chi connectivity index (χ0) is 57.8. The van der Waals surface area contributed by atoms with Gasteiger partial charge < -0.3 is 14.2 Å². The number of carbonyl (C=O) groups excluding carboxylic acids is 3. The average molecular weight is 1120 g/mol. The summed E-state index contributed by atoms with van der Waals surface area (Å²) < 4.78 is 16.9. The molecule has 0 fully saturated rings. The van der Waals surface area contributed by atoms with Crippen LogP contribution in [0.5, 0.6) is 0 Å². The number of rotatable bonds is 64. The lowest BCUT2D eigenvalue weighted by Crippen LogP contribution is -2.30. The Kier molecular flexibility index (Phi) is 65.7. The molecule has 0 aliphatic carbocycles. The normalized spacial score (nSPS) is 12.5. The maximum Gasteiger partial charge on any atom is 0.306 e. The molecule has 0 bridgehead atoms. The summed E-state index contributed by atoms with van der Waals surface area (Å²) >= 11 is 0. The van der Waals surface area contributed by atoms with Crippen molar-refractivity contribution < 1.29 is 28.6 Å². The van der Waals surface area contributed by atoms with E-state index in [4.69, 9.17) is 14.2 Å². The molecular formula is C74H132O6. The van der Waals surface area contributed by atoms with Crippen molar-refractivity contribution in [1.29, 1.82) is 0 Å². The van der Waals surface area contributed by atoms with E-state index in [1.165, 1.54) is 225 Å². The fourth-order valence-electron chi connectivity index (χ4n) is 10.2. The van der Waals surface area contributed by atoms with Crippen molar-refractivity contribution in [3.63, 3.8) is 0 Å². The first-order chi connectivity index (χ1) is 39.5. The Morgan fingerprint density at radius 2 is 0.450 bits per heavy atom. The van der Waals surface area contributed by atoms with Crippen LogP contribution in [-0.2, 0) is 28.6 Å². The van der Waals surface area contributed by atoms with Crippen molar-refractivity contribution in [2.24, 2.45) is 0 Å². The monoisotopic (exact) mass is 1120 g/mol. The third-order valence-electron chi connectivity index (χ3n) is 15.4. The van der Waals surface area contributed by atoms with E-state index in [0.717, 1.165) is 96.3 Å². The minimum absolute atomic E-state index is 0.0764. The number of unbranched alkanes of at least 4 members (excludes halogenated alkanes) is 41. The molecule has 0 spiro atoms. The first kappa shape index (κ1) is 76.9. The van der Waals surface area contributed by atoms with E-state index >= 15 is 0 Å². The van der Waals surface area contributed by atoms with Crippen LogP contribution in [0.3, 0.4) is 0 Å². The van der Waals surface area contributed by atoms with Gasteiger partial charge in [0, 0.05) is 19.3 Å². The SMILES string of the molecule is CCCCC/C=C\C/C=C\C/C=C\CCCCCCCCC(=O)OC(COC(=O)CCCCCCCCCCCC)COC(=O)CCCCCCCCCCCCCCCCCCCC/C=C\C/C=C\C/C=C\CCCCCCC. The van der Waals surface area contributed by atoms with Crippen LogP contribution in [0.25, 0.3) is 0 Å². The molecule has 0 saturated heterocycles. The predicted octanol–water partition coefficient (Wildman–Crippen LogP) is 24.1. The van der Waals surface area contributed by atoms with Crippen LogP contribution in [0.15, 0.2) is 72.9 Å². The standard InChI is InChI=1S/C74H132O6/c1-4-7-10-13-16-19-22-24-26-28-30-31-32-33-34-35-36-37-38-39-40-41-42-43-45-46-48-50-52-55-58-61-64-67-73(76)79-70-71(69-78-72(75)66-63-60-57-54-21-18-15-12-9-6-3)80-74(77)68-65-62-59-56-53-51-49-47-44-29-27-25-23-20-17-14-11-8-5-2/h17,20,22,24-25,27-28,30,32-33,44,47,71H,4-16,18-19,21,23,26,29,31,34-43,45-46,48-70H2,1-3H3/b20-17-,24-22-,27-25-,30-28-,33-32-,47-44-. The summed E-state index contributed by atoms with van der Waals surface area (Å²) in [6.45, 7) is 6.62. The van der Waals surface area contributed by atoms with Crippen LogP contribution < -0.4 is 0 Å². The Morgan fingerprint density at radius 3 is 0.725 bits per heavy atom. The molecule has 0 amide bonds. The molecule has 6 heteroatoms. The molecule has 0 aliphatic heterocycles. The van der Waals surface area contributed by atoms with Gasteiger partial charge in [0.1, 0.15) is 13.2 Å². The van der Waals surface area contributed by atoms with E-state index in [1.807, 2.05) is 0 Å². The van der Waals surface area contributed by atoms with Gasteiger partial charge in [0.2, 0.25) is 0 Å². The van der Waals surface area contributed by atoms with Crippen molar-refractivity contribution >= 4 is 17.9 Å². The summed E-state index contributed by atoms with van der Waals surface area (Å²) in [5.41, 5.74) is 0. The molecule has 0 heterocycles. The minimum atomic E-state index is -0.780. The smallest absolute Gasteiger partial charge is 0.306 e. The highest BCUT2D eigenvalue weighted by molar-refractivity contribution is 5.71. The van der Waals surface area contributed by atoms with Gasteiger partial charge in [-0.2, -0.15) is 0 Å². The van der Waals surface area contributed by atoms with E-state index in [1.54, 1.807) is 0 Å². The lowest BCUT2D eigenvalue weighted by Gasteiger charge is -2.18. The summed E-state index contributed by atoms with van der Waals surface area (Å²) in [5, 5.41) is 0. The Morgan fingerprint density at radius 1 is 0.250 bits per heavy atom. The molecule has 464 valence electrons. The van der Waals surface area contributed by atoms with Gasteiger partial charge in [-0.1, -0.05) is 318 Å². The second-order valence-electron chi connectivity index (χ2n) is 23.4. The minimum Gasteiger partial charge on any atom is -0.462 e. The van der Waals surface area contributed by atoms with Gasteiger partial charge in [-0.05, 0) is 96.3 Å². The molecule has 0 aliphatic rings. The van der Waals surface area contributed by atoms with Crippen LogP contribution in [0.4, 0.5) is 0 Å². The number of esters is 3. The van der Waals surface area contributed by atoms with Gasteiger partial charge in [0.05, 0.1) is 0 Å². The molecule has 0 saturated carbocycles. The van der Waals surface area contributed by atoms with E-state index in [9.17, 15) is 14.4 Å². The molecule has 1 unspecified atom stereocenters. The summed E-state index contributed by atoms with van der Waals surface area (Å²) in [6, 6.07) is 0. The van der Waals surface area contributed by atoms with Crippen LogP contribution in [-0.4, -0.2) is 37.2 Å². The Hall–Kier alpha value is -3.15. The fourth-order valence-corrected chi connectivity index (χ4v) is 10.2. The maximum absolute atomic E-state index is 12.9. The van der Waals surface area contributed by atoms with E-state index < -0.39 is 6.10 Å². The zero-order valence-corrected chi connectivity index (χ0v) is 53.3. The molecule has 6 nitrogen and oxygen atoms in total. The van der Waals surface area contributed by atoms with E-state index in [0.29, 0.717) is 19.3 Å². The topological polar surface area (TPSA) is 78.9 Å². The fraction of sp³-hybridized carbons (Fsp3) is 0.797. The second-order valence-corrected chi connectivity index (χ2v) is 23.4. The quantitative estimate of drug-likeness (QED) is 0.0261. The third kappa shape index (κ3) is 65.7. The molecule has 0 rings (SSSR count). The van der Waals surface area contributed by atoms with Crippen molar-refractivity contribution in [3.05, 3.63) is 72.9 Å². The summed E-state index contributed by atoms with van der Waals surface area (Å²) in [4.78, 5) is 38.3. The van der Waals surface area contributed by atoms with Crippen LogP contribution in [0.1, 0.15) is 361 Å². The molecule has 0 aromatic carbocycles. The Labute approximate surface area is 497 Å². The van der Waals surface area contributed by atoms with Gasteiger partial charge in [-0.3, -0.25) is 14.4 Å². The van der Waals surface area contributed by atoms with E-state index in [2.05, 4.69) is 93.7 Å². The Balaban J connectivity index is 4.12. The average Bonchev–Trinajstić information content (AvgIpc) is 3.46. The van der Waals surface area contributed by atoms with Crippen LogP contribution in [0, 0.1) is 0 Å². The highest BCUT2D eigenvalue weighted by Crippen LogP contribution is 2.17. The number of carbonyl (C=O) groups is 3. The van der Waals surface area contributed by atoms with E-state index in [-0.39, 0.29) is 31.1 Å². The zero-order valence-electron chi connectivity index (χ0n) is 53.3. The van der Waals surface area contributed by atoms with Crippen molar-refractivity contribution in [1.82, 2.24) is 0 Å². The lowest BCUT2D eigenvalue weighted by atomic mass is 10.0. The summed E-state index contributed by atoms with van der Waals surface area (Å²) in [7, 11) is 0. The van der Waals surface area contributed by atoms with Gasteiger partial charge in [0.15, 0.2) is 6.10 Å². The van der Waals surface area contributed by atoms with Crippen molar-refractivity contribution in [2.45, 2.75) is 367 Å². The molecule has 80 heavy (non-hydrogen) atoms. The van der Waals surface area contributed by atoms with Crippen molar-refractivity contribution in [2.75, 3.05) is 13.2 Å². The van der Waals surface area contributed by atoms with Crippen molar-refractivity contribution in [3.8, 4) is 0 Å². The molecule has 0 radical (unpaired) electrons. The first-order valence-electron chi connectivity index (χ1n) is 34.9. The van der Waals surface area contributed by atoms with Gasteiger partial charge >= 0.3 is 17.9 Å². The van der Waals surface area contributed by atoms with Gasteiger partial charge in [-0.25, -0.2) is 0 Å². The molecule has 1 atom stereocenters. The third-order valence-corrected chi connectivity index (χ3v) is 15.4. The number of hydrogen-bond acceptors (Lipinski definition) is 6. The van der Waals surface area contributed by atoms with Gasteiger partial charge in [-0.15, -0.1) is 0 Å². The Bertz CT molecular complexity index is 1470. The lowest BCUT2D eigenvalue weighted by molar-refractivity contribution is -0.167. The second kappa shape index (κ2) is 68.3. The number of ether oxygens (including phenoxy) is 3. The molecule has 0 aromatic heterocycles. The predicted molar refractivity (Wildman–Crippen MR) is 348 cm³/mol. The highest BCUT2D eigenvalue weighted by Gasteiger charge is 2.19. The molecular weight excluding hydrogens is 985 g/mol. The number of hydrogen-bond donors (Lipinski definition) is 0. The molecule has 0 aromatic rings. The summed E-state index contributed by atoms with van der Waals surface area (Å²) in [5.74, 6) is -0.872. The van der Waals surface area contributed by atoms with Crippen LogP contribution >= 0.6 is 0 Å². The highest BCUT2D eigenvalue weighted by atomic mass is 16.6. The first-order valence-corrected chi connectivity index (χ1v) is 34.9. The largest absolute Gasteiger partial charge is 0.462 e. The van der Waals surface area contributed by atoms with Gasteiger partial charge in [0.25, 0.3) is 0 Å². The maximum atomic E-state index is 12.9. The summed E-state index contributed by atoms with van der Waals surface area (Å²) in [6.07, 6.45) is 89.4. The molecule has 0 N–H and O–H groups in total. The van der Waals surface area contributed by atoms with Crippen LogP contribution in [0.2, 0.25) is 0 Å².